The van der Waals surface area contributed by atoms with Gasteiger partial charge in [0.05, 0.1) is 12.7 Å². The molecule has 1 heterocycles. The van der Waals surface area contributed by atoms with Crippen molar-refractivity contribution in [3.8, 4) is 0 Å². The quantitative estimate of drug-likeness (QED) is 0.587. The van der Waals surface area contributed by atoms with Crippen LogP contribution in [-0.2, 0) is 4.74 Å². The third-order valence-corrected chi connectivity index (χ3v) is 1.44. The Morgan fingerprint density at radius 2 is 2.22 bits per heavy atom. The van der Waals surface area contributed by atoms with Gasteiger partial charge < -0.3 is 9.64 Å². The zero-order valence-corrected chi connectivity index (χ0v) is 8.29. The molecule has 1 aliphatic heterocycles. The topological polar surface area (TPSA) is 12.5 Å². The minimum Gasteiger partial charge on any atom is -0.376 e. The fourth-order valence-corrected chi connectivity index (χ4v) is 0.993. The summed E-state index contributed by atoms with van der Waals surface area (Å²) in [5.74, 6) is 0. The summed E-state index contributed by atoms with van der Waals surface area (Å²) in [4.78, 5) is 2.29. The van der Waals surface area contributed by atoms with Crippen molar-refractivity contribution in [1.82, 2.24) is 4.90 Å². The molecule has 0 aromatic carbocycles. The number of hydrogen-bond donors (Lipinski definition) is 0. The Labute approximate surface area is 73.6 Å². The second-order valence-electron chi connectivity index (χ2n) is 2.44. The molecule has 9 heavy (non-hydrogen) atoms. The maximum Gasteiger partial charge on any atom is 0.0674 e. The summed E-state index contributed by atoms with van der Waals surface area (Å²) in [6, 6.07) is 0. The van der Waals surface area contributed by atoms with Gasteiger partial charge in [0.1, 0.15) is 0 Å². The Morgan fingerprint density at radius 1 is 1.56 bits per heavy atom. The van der Waals surface area contributed by atoms with E-state index in [1.54, 1.807) is 0 Å². The minimum absolute atomic E-state index is 0. The van der Waals surface area contributed by atoms with Crippen LogP contribution in [-0.4, -0.2) is 37.7 Å². The molecule has 1 rings (SSSR count). The molecule has 0 spiro atoms. The van der Waals surface area contributed by atoms with Crippen LogP contribution in [0, 0.1) is 0 Å². The van der Waals surface area contributed by atoms with Crippen LogP contribution < -0.4 is 0 Å². The molecule has 0 amide bonds. The summed E-state index contributed by atoms with van der Waals surface area (Å²) in [5, 5.41) is 0. The molecule has 0 radical (unpaired) electrons. The van der Waals surface area contributed by atoms with Crippen LogP contribution in [0.3, 0.4) is 0 Å². The van der Waals surface area contributed by atoms with E-state index in [9.17, 15) is 0 Å². The van der Waals surface area contributed by atoms with E-state index in [1.165, 1.54) is 0 Å². The summed E-state index contributed by atoms with van der Waals surface area (Å²) in [5.41, 5.74) is 0. The average molecular weight is 243 g/mol. The number of nitrogens with zero attached hydrogens (tertiary/aromatic N) is 1. The summed E-state index contributed by atoms with van der Waals surface area (Å²) in [6.07, 6.45) is 0.439. The number of morpholine rings is 1. The third-order valence-electron chi connectivity index (χ3n) is 1.44. The van der Waals surface area contributed by atoms with Gasteiger partial charge in [-0.05, 0) is 14.0 Å². The van der Waals surface area contributed by atoms with Gasteiger partial charge in [-0.25, -0.2) is 0 Å². The molecule has 1 saturated heterocycles. The molecule has 1 atom stereocenters. The summed E-state index contributed by atoms with van der Waals surface area (Å²) in [6.45, 7) is 5.18. The highest BCUT2D eigenvalue weighted by molar-refractivity contribution is 14.0. The summed E-state index contributed by atoms with van der Waals surface area (Å²) in [7, 11) is 2.12. The van der Waals surface area contributed by atoms with E-state index in [0.29, 0.717) is 6.10 Å². The maximum atomic E-state index is 5.31. The van der Waals surface area contributed by atoms with Crippen LogP contribution in [0.2, 0.25) is 0 Å². The van der Waals surface area contributed by atoms with E-state index in [-0.39, 0.29) is 24.0 Å². The van der Waals surface area contributed by atoms with Crippen molar-refractivity contribution < 1.29 is 4.74 Å². The van der Waals surface area contributed by atoms with Crippen LogP contribution in [0.5, 0.6) is 0 Å². The van der Waals surface area contributed by atoms with E-state index in [2.05, 4.69) is 18.9 Å². The van der Waals surface area contributed by atoms with Gasteiger partial charge >= 0.3 is 0 Å². The monoisotopic (exact) mass is 243 g/mol. The summed E-state index contributed by atoms with van der Waals surface area (Å²) >= 11 is 0. The first-order chi connectivity index (χ1) is 3.79. The van der Waals surface area contributed by atoms with Gasteiger partial charge in [0.2, 0.25) is 0 Å². The molecule has 3 heteroatoms. The van der Waals surface area contributed by atoms with Crippen LogP contribution in [0.25, 0.3) is 0 Å². The molecule has 1 aliphatic rings. The molecule has 0 N–H and O–H groups in total. The fourth-order valence-electron chi connectivity index (χ4n) is 0.993. The van der Waals surface area contributed by atoms with Gasteiger partial charge in [0, 0.05) is 13.1 Å². The van der Waals surface area contributed by atoms with Crippen LogP contribution in [0.15, 0.2) is 0 Å². The first-order valence-electron chi connectivity index (χ1n) is 3.09. The predicted molar refractivity (Wildman–Crippen MR) is 48.3 cm³/mol. The largest absolute Gasteiger partial charge is 0.376 e. The minimum atomic E-state index is 0. The van der Waals surface area contributed by atoms with Crippen molar-refractivity contribution in [2.24, 2.45) is 0 Å². The van der Waals surface area contributed by atoms with Crippen molar-refractivity contribution in [3.05, 3.63) is 0 Å². The molecule has 0 aromatic heterocycles. The van der Waals surface area contributed by atoms with Gasteiger partial charge in [-0.1, -0.05) is 0 Å². The second kappa shape index (κ2) is 4.46. The van der Waals surface area contributed by atoms with Gasteiger partial charge in [0.25, 0.3) is 0 Å². The number of ether oxygens (including phenoxy) is 1. The number of likely N-dealkylation sites (N-methyl/N-ethyl adjacent to an activating group) is 1. The van der Waals surface area contributed by atoms with E-state index in [1.807, 2.05) is 0 Å². The molecule has 56 valence electrons. The number of rotatable bonds is 0. The van der Waals surface area contributed by atoms with E-state index in [4.69, 9.17) is 4.74 Å². The molecular formula is C6H14INO. The standard InChI is InChI=1S/C6H13NO.HI/c1-6-5-7(2)3-4-8-6;/h6H,3-5H2,1-2H3;1H. The average Bonchev–Trinajstić information content (AvgIpc) is 1.64. The van der Waals surface area contributed by atoms with E-state index in [0.717, 1.165) is 19.7 Å². The highest BCUT2D eigenvalue weighted by Crippen LogP contribution is 1.99. The van der Waals surface area contributed by atoms with Crippen molar-refractivity contribution in [1.29, 1.82) is 0 Å². The Bertz CT molecular complexity index is 71.5. The lowest BCUT2D eigenvalue weighted by Gasteiger charge is -2.27. The van der Waals surface area contributed by atoms with Crippen molar-refractivity contribution in [2.45, 2.75) is 13.0 Å². The molecule has 1 fully saturated rings. The molecule has 0 aliphatic carbocycles. The number of hydrogen-bond acceptors (Lipinski definition) is 2. The molecule has 0 aromatic rings. The van der Waals surface area contributed by atoms with Gasteiger partial charge in [-0.15, -0.1) is 24.0 Å². The lowest BCUT2D eigenvalue weighted by Crippen LogP contribution is -2.38. The highest BCUT2D eigenvalue weighted by Gasteiger charge is 2.11. The van der Waals surface area contributed by atoms with Crippen LogP contribution in [0.1, 0.15) is 6.92 Å². The Kier molecular flexibility index (Phi) is 4.79. The Balaban J connectivity index is 0.000000640. The van der Waals surface area contributed by atoms with Gasteiger partial charge in [-0.2, -0.15) is 0 Å². The molecular weight excluding hydrogens is 229 g/mol. The van der Waals surface area contributed by atoms with Gasteiger partial charge in [-0.3, -0.25) is 0 Å². The van der Waals surface area contributed by atoms with Gasteiger partial charge in [0.15, 0.2) is 0 Å². The van der Waals surface area contributed by atoms with Crippen molar-refractivity contribution >= 4 is 24.0 Å². The maximum absolute atomic E-state index is 5.31. The number of halogens is 1. The lowest BCUT2D eigenvalue weighted by molar-refractivity contribution is -0.00861. The highest BCUT2D eigenvalue weighted by atomic mass is 127. The Morgan fingerprint density at radius 3 is 2.56 bits per heavy atom. The normalized spacial score (nSPS) is 29.3. The molecule has 0 saturated carbocycles. The summed E-state index contributed by atoms with van der Waals surface area (Å²) < 4.78 is 5.31. The van der Waals surface area contributed by atoms with E-state index >= 15 is 0 Å². The lowest BCUT2D eigenvalue weighted by atomic mass is 10.3. The van der Waals surface area contributed by atoms with Crippen molar-refractivity contribution in [3.63, 3.8) is 0 Å². The molecule has 2 nitrogen and oxygen atoms in total. The predicted octanol–water partition coefficient (Wildman–Crippen LogP) is 0.955. The van der Waals surface area contributed by atoms with Crippen molar-refractivity contribution in [2.75, 3.05) is 26.7 Å². The molecule has 0 bridgehead atoms. The first-order valence-corrected chi connectivity index (χ1v) is 3.09. The fraction of sp³-hybridized carbons (Fsp3) is 1.00. The first kappa shape index (κ1) is 9.65. The smallest absolute Gasteiger partial charge is 0.0674 e. The van der Waals surface area contributed by atoms with Crippen LogP contribution >= 0.6 is 24.0 Å². The molecule has 1 unspecified atom stereocenters. The second-order valence-corrected chi connectivity index (χ2v) is 2.44. The Hall–Kier alpha value is 0.650. The SMILES string of the molecule is CC1CN(C)CCO1.I. The zero-order chi connectivity index (χ0) is 5.98. The van der Waals surface area contributed by atoms with E-state index < -0.39 is 0 Å². The third kappa shape index (κ3) is 3.37. The zero-order valence-electron chi connectivity index (χ0n) is 5.96. The van der Waals surface area contributed by atoms with Crippen LogP contribution in [0.4, 0.5) is 0 Å².